The van der Waals surface area contributed by atoms with Gasteiger partial charge in [-0.25, -0.2) is 0 Å². The largest absolute Gasteiger partial charge is 0.466 e. The van der Waals surface area contributed by atoms with Crippen molar-refractivity contribution in [2.75, 3.05) is 6.61 Å². The van der Waals surface area contributed by atoms with Gasteiger partial charge in [0.25, 0.3) is 0 Å². The van der Waals surface area contributed by atoms with Crippen molar-refractivity contribution >= 4 is 5.97 Å². The van der Waals surface area contributed by atoms with E-state index in [1.165, 1.54) is 6.42 Å². The molecule has 0 rings (SSSR count). The highest BCUT2D eigenvalue weighted by atomic mass is 16.5. The second kappa shape index (κ2) is 11.0. The van der Waals surface area contributed by atoms with Crippen LogP contribution in [-0.2, 0) is 9.53 Å². The third-order valence-electron chi connectivity index (χ3n) is 2.22. The van der Waals surface area contributed by atoms with E-state index in [-0.39, 0.29) is 5.97 Å². The Hall–Kier alpha value is -1.04. The van der Waals surface area contributed by atoms with E-state index in [9.17, 15) is 4.79 Å². The predicted molar refractivity (Wildman–Crippen MR) is 59.2 cm³/mol. The van der Waals surface area contributed by atoms with Crippen LogP contribution >= 0.6 is 0 Å². The second-order valence-electron chi connectivity index (χ2n) is 3.58. The Kier molecular flexibility index (Phi) is 10.3. The maximum Gasteiger partial charge on any atom is 0.305 e. The third-order valence-corrected chi connectivity index (χ3v) is 2.22. The number of unbranched alkanes of at least 4 members (excludes halogenated alkanes) is 6. The molecule has 0 heterocycles. The lowest BCUT2D eigenvalue weighted by Crippen LogP contribution is -2.03. The van der Waals surface area contributed by atoms with Gasteiger partial charge in [-0.05, 0) is 19.8 Å². The fraction of sp³-hybridized carbons (Fsp3) is 0.833. The van der Waals surface area contributed by atoms with Crippen LogP contribution in [0.15, 0.2) is 0 Å². The summed E-state index contributed by atoms with van der Waals surface area (Å²) in [7, 11) is 0. The summed E-state index contributed by atoms with van der Waals surface area (Å²) in [6, 6.07) is 2.14. The van der Waals surface area contributed by atoms with Crippen molar-refractivity contribution in [3.05, 3.63) is 0 Å². The normalized spacial score (nSPS) is 9.60. The molecule has 0 unspecified atom stereocenters. The zero-order valence-electron chi connectivity index (χ0n) is 9.63. The zero-order chi connectivity index (χ0) is 11.4. The fourth-order valence-electron chi connectivity index (χ4n) is 1.41. The van der Waals surface area contributed by atoms with E-state index in [0.717, 1.165) is 32.1 Å². The Bertz CT molecular complexity index is 196. The van der Waals surface area contributed by atoms with Crippen LogP contribution < -0.4 is 0 Å². The van der Waals surface area contributed by atoms with Gasteiger partial charge in [-0.15, -0.1) is 0 Å². The van der Waals surface area contributed by atoms with Gasteiger partial charge >= 0.3 is 5.97 Å². The van der Waals surface area contributed by atoms with Crippen molar-refractivity contribution in [2.45, 2.75) is 58.3 Å². The standard InChI is InChI=1S/C12H21NO2/c1-2-15-12(14)10-8-6-4-3-5-7-9-11-13/h2-10H2,1H3. The molecule has 0 N–H and O–H groups in total. The predicted octanol–water partition coefficient (Wildman–Crippen LogP) is 3.19. The van der Waals surface area contributed by atoms with Gasteiger partial charge in [-0.3, -0.25) is 4.79 Å². The molecule has 86 valence electrons. The summed E-state index contributed by atoms with van der Waals surface area (Å²) in [5.74, 6) is -0.0815. The molecule has 3 nitrogen and oxygen atoms in total. The molecular weight excluding hydrogens is 190 g/mol. The molecule has 0 saturated heterocycles. The SMILES string of the molecule is CCOC(=O)CCCCCCCCC#N. The average molecular weight is 211 g/mol. The van der Waals surface area contributed by atoms with Gasteiger partial charge in [0.05, 0.1) is 12.7 Å². The van der Waals surface area contributed by atoms with Crippen molar-refractivity contribution in [1.29, 1.82) is 5.26 Å². The number of carbonyl (C=O) groups excluding carboxylic acids is 1. The Morgan fingerprint density at radius 3 is 2.33 bits per heavy atom. The van der Waals surface area contributed by atoms with Crippen molar-refractivity contribution in [1.82, 2.24) is 0 Å². The molecule has 0 atom stereocenters. The number of rotatable bonds is 9. The lowest BCUT2D eigenvalue weighted by molar-refractivity contribution is -0.143. The summed E-state index contributed by atoms with van der Waals surface area (Å²) in [6.45, 7) is 2.31. The lowest BCUT2D eigenvalue weighted by atomic mass is 10.1. The number of hydrogen-bond donors (Lipinski definition) is 0. The lowest BCUT2D eigenvalue weighted by Gasteiger charge is -2.01. The summed E-state index contributed by atoms with van der Waals surface area (Å²) in [5.41, 5.74) is 0. The molecule has 0 aliphatic heterocycles. The van der Waals surface area contributed by atoms with E-state index in [1.807, 2.05) is 6.92 Å². The minimum absolute atomic E-state index is 0.0815. The molecule has 0 bridgehead atoms. The van der Waals surface area contributed by atoms with Gasteiger partial charge < -0.3 is 4.74 Å². The molecule has 0 aliphatic rings. The van der Waals surface area contributed by atoms with Crippen molar-refractivity contribution in [3.63, 3.8) is 0 Å². The van der Waals surface area contributed by atoms with Crippen LogP contribution in [0.5, 0.6) is 0 Å². The quantitative estimate of drug-likeness (QED) is 0.434. The van der Waals surface area contributed by atoms with Crippen LogP contribution in [0, 0.1) is 11.3 Å². The van der Waals surface area contributed by atoms with E-state index in [2.05, 4.69) is 6.07 Å². The highest BCUT2D eigenvalue weighted by Crippen LogP contribution is 2.08. The number of carbonyl (C=O) groups is 1. The Morgan fingerprint density at radius 1 is 1.13 bits per heavy atom. The first-order chi connectivity index (χ1) is 7.31. The van der Waals surface area contributed by atoms with Crippen LogP contribution in [0.1, 0.15) is 58.3 Å². The molecule has 0 aliphatic carbocycles. The van der Waals surface area contributed by atoms with Crippen LogP contribution in [0.25, 0.3) is 0 Å². The third kappa shape index (κ3) is 10.9. The molecular formula is C12H21NO2. The van der Waals surface area contributed by atoms with Crippen LogP contribution in [0.2, 0.25) is 0 Å². The van der Waals surface area contributed by atoms with E-state index < -0.39 is 0 Å². The molecule has 0 aromatic rings. The minimum Gasteiger partial charge on any atom is -0.466 e. The average Bonchev–Trinajstić information content (AvgIpc) is 2.22. The van der Waals surface area contributed by atoms with E-state index in [4.69, 9.17) is 10.00 Å². The summed E-state index contributed by atoms with van der Waals surface area (Å²) in [5, 5.41) is 8.32. The highest BCUT2D eigenvalue weighted by Gasteiger charge is 2.00. The first-order valence-electron chi connectivity index (χ1n) is 5.83. The highest BCUT2D eigenvalue weighted by molar-refractivity contribution is 5.69. The molecule has 0 saturated carbocycles. The number of esters is 1. The van der Waals surface area contributed by atoms with Gasteiger partial charge in [-0.2, -0.15) is 5.26 Å². The monoisotopic (exact) mass is 211 g/mol. The summed E-state index contributed by atoms with van der Waals surface area (Å²) >= 11 is 0. The van der Waals surface area contributed by atoms with E-state index in [0.29, 0.717) is 19.4 Å². The Morgan fingerprint density at radius 2 is 1.73 bits per heavy atom. The van der Waals surface area contributed by atoms with Crippen LogP contribution in [-0.4, -0.2) is 12.6 Å². The molecule has 0 spiro atoms. The van der Waals surface area contributed by atoms with E-state index >= 15 is 0 Å². The van der Waals surface area contributed by atoms with E-state index in [1.54, 1.807) is 0 Å². The summed E-state index contributed by atoms with van der Waals surface area (Å²) in [4.78, 5) is 11.0. The number of nitriles is 1. The van der Waals surface area contributed by atoms with Crippen molar-refractivity contribution < 1.29 is 9.53 Å². The summed E-state index contributed by atoms with van der Waals surface area (Å²) in [6.07, 6.45) is 7.70. The maximum absolute atomic E-state index is 11.0. The van der Waals surface area contributed by atoms with Gasteiger partial charge in [0, 0.05) is 12.8 Å². The molecule has 15 heavy (non-hydrogen) atoms. The smallest absolute Gasteiger partial charge is 0.305 e. The first kappa shape index (κ1) is 14.0. The first-order valence-corrected chi connectivity index (χ1v) is 5.83. The summed E-state index contributed by atoms with van der Waals surface area (Å²) < 4.78 is 4.83. The Balaban J connectivity index is 3.05. The maximum atomic E-state index is 11.0. The zero-order valence-corrected chi connectivity index (χ0v) is 9.63. The molecule has 0 aromatic carbocycles. The van der Waals surface area contributed by atoms with Gasteiger partial charge in [0.15, 0.2) is 0 Å². The Labute approximate surface area is 92.4 Å². The molecule has 0 amide bonds. The topological polar surface area (TPSA) is 50.1 Å². The molecule has 0 fully saturated rings. The van der Waals surface area contributed by atoms with Crippen LogP contribution in [0.4, 0.5) is 0 Å². The fourth-order valence-corrected chi connectivity index (χ4v) is 1.41. The van der Waals surface area contributed by atoms with Crippen LogP contribution in [0.3, 0.4) is 0 Å². The molecule has 0 aromatic heterocycles. The van der Waals surface area contributed by atoms with Crippen molar-refractivity contribution in [3.8, 4) is 6.07 Å². The number of hydrogen-bond acceptors (Lipinski definition) is 3. The number of ether oxygens (including phenoxy) is 1. The second-order valence-corrected chi connectivity index (χ2v) is 3.58. The number of nitrogens with zero attached hydrogens (tertiary/aromatic N) is 1. The van der Waals surface area contributed by atoms with Crippen molar-refractivity contribution in [2.24, 2.45) is 0 Å². The minimum atomic E-state index is -0.0815. The van der Waals surface area contributed by atoms with Gasteiger partial charge in [0.1, 0.15) is 0 Å². The molecule has 3 heteroatoms. The molecule has 0 radical (unpaired) electrons. The van der Waals surface area contributed by atoms with Gasteiger partial charge in [-0.1, -0.05) is 25.7 Å². The van der Waals surface area contributed by atoms with Gasteiger partial charge in [0.2, 0.25) is 0 Å².